The third kappa shape index (κ3) is 7.96. The molecule has 1 rings (SSSR count). The monoisotopic (exact) mass is 240 g/mol. The van der Waals surface area contributed by atoms with E-state index in [2.05, 4.69) is 4.18 Å². The van der Waals surface area contributed by atoms with Gasteiger partial charge in [0.25, 0.3) is 0 Å². The second-order valence-corrected chi connectivity index (χ2v) is 3.93. The molecule has 0 atom stereocenters. The number of hydrogen-bond acceptors (Lipinski definition) is 3. The van der Waals surface area contributed by atoms with E-state index in [9.17, 15) is 8.42 Å². The second kappa shape index (κ2) is 7.38. The van der Waals surface area contributed by atoms with Crippen LogP contribution in [0.5, 0.6) is 0 Å². The third-order valence-electron chi connectivity index (χ3n) is 1.68. The Bertz CT molecular complexity index is 368. The van der Waals surface area contributed by atoms with Gasteiger partial charge in [0, 0.05) is 0 Å². The summed E-state index contributed by atoms with van der Waals surface area (Å²) in [5.74, 6) is 0. The van der Waals surface area contributed by atoms with E-state index in [1.54, 1.807) is 0 Å². The summed E-state index contributed by atoms with van der Waals surface area (Å²) in [7, 11) is -4.28. The first-order valence-electron chi connectivity index (χ1n) is 4.24. The molecule has 0 aliphatic carbocycles. The maximum Gasteiger partial charge on any atom is 1.00 e. The molecule has 0 bridgehead atoms. The molecule has 1 aromatic rings. The van der Waals surface area contributed by atoms with Crippen molar-refractivity contribution in [3.05, 3.63) is 35.9 Å². The normalized spacial score (nSPS) is 10.7. The summed E-state index contributed by atoms with van der Waals surface area (Å²) in [5.41, 5.74) is 1.12. The number of hydrogen-bond donors (Lipinski definition) is 1. The molecule has 0 unspecified atom stereocenters. The van der Waals surface area contributed by atoms with Crippen molar-refractivity contribution in [1.29, 1.82) is 0 Å². The molecular formula is C9H13NaO4S. The molecule has 15 heavy (non-hydrogen) atoms. The van der Waals surface area contributed by atoms with Crippen LogP contribution < -0.4 is 29.6 Å². The van der Waals surface area contributed by atoms with Crippen LogP contribution in [-0.2, 0) is 21.0 Å². The van der Waals surface area contributed by atoms with Gasteiger partial charge in [-0.05, 0) is 18.4 Å². The molecule has 0 radical (unpaired) electrons. The van der Waals surface area contributed by atoms with Gasteiger partial charge >= 0.3 is 40.0 Å². The van der Waals surface area contributed by atoms with Crippen molar-refractivity contribution in [2.24, 2.45) is 0 Å². The van der Waals surface area contributed by atoms with Gasteiger partial charge in [0.05, 0.1) is 6.61 Å². The zero-order valence-electron chi connectivity index (χ0n) is 9.59. The fourth-order valence-corrected chi connectivity index (χ4v) is 1.41. The Morgan fingerprint density at radius 1 is 1.27 bits per heavy atom. The Morgan fingerprint density at radius 2 is 1.87 bits per heavy atom. The molecule has 0 aliphatic heterocycles. The van der Waals surface area contributed by atoms with Crippen molar-refractivity contribution in [3.8, 4) is 0 Å². The van der Waals surface area contributed by atoms with Crippen LogP contribution >= 0.6 is 0 Å². The standard InChI is InChI=1S/C9H12O4S.Na.H/c10-14(11,12)13-8-4-7-9-5-2-1-3-6-9;;/h1-3,5-6H,4,7-8H2,(H,10,11,12);;/q;+1;-1. The number of benzene rings is 1. The fraction of sp³-hybridized carbons (Fsp3) is 0.333. The first-order valence-corrected chi connectivity index (χ1v) is 5.60. The van der Waals surface area contributed by atoms with E-state index in [0.717, 1.165) is 12.0 Å². The zero-order chi connectivity index (χ0) is 10.4. The quantitative estimate of drug-likeness (QED) is 0.389. The van der Waals surface area contributed by atoms with Crippen molar-refractivity contribution in [2.75, 3.05) is 6.61 Å². The minimum Gasteiger partial charge on any atom is -1.00 e. The van der Waals surface area contributed by atoms with Crippen LogP contribution in [0.4, 0.5) is 0 Å². The fourth-order valence-electron chi connectivity index (χ4n) is 1.09. The zero-order valence-corrected chi connectivity index (χ0v) is 11.4. The van der Waals surface area contributed by atoms with E-state index in [1.807, 2.05) is 30.3 Å². The minimum absolute atomic E-state index is 0. The van der Waals surface area contributed by atoms with Gasteiger partial charge in [0.15, 0.2) is 0 Å². The average Bonchev–Trinajstić information content (AvgIpc) is 2.13. The first kappa shape index (κ1) is 15.1. The van der Waals surface area contributed by atoms with Crippen LogP contribution in [-0.4, -0.2) is 19.6 Å². The van der Waals surface area contributed by atoms with Gasteiger partial charge in [-0.2, -0.15) is 8.42 Å². The van der Waals surface area contributed by atoms with Gasteiger partial charge in [-0.15, -0.1) is 0 Å². The summed E-state index contributed by atoms with van der Waals surface area (Å²) >= 11 is 0. The van der Waals surface area contributed by atoms with E-state index in [1.165, 1.54) is 0 Å². The molecular weight excluding hydrogens is 227 g/mol. The molecule has 0 saturated heterocycles. The summed E-state index contributed by atoms with van der Waals surface area (Å²) in [6.07, 6.45) is 1.29. The van der Waals surface area contributed by atoms with Crippen molar-refractivity contribution >= 4 is 10.4 Å². The van der Waals surface area contributed by atoms with Crippen LogP contribution in [0, 0.1) is 0 Å². The number of aryl methyl sites for hydroxylation is 1. The molecule has 0 spiro atoms. The van der Waals surface area contributed by atoms with E-state index < -0.39 is 10.4 Å². The maximum absolute atomic E-state index is 10.2. The molecule has 0 saturated carbocycles. The Kier molecular flexibility index (Phi) is 7.42. The SMILES string of the molecule is O=S(=O)(O)OCCCc1ccccc1.[H-].[Na+]. The molecule has 1 N–H and O–H groups in total. The summed E-state index contributed by atoms with van der Waals surface area (Å²) < 4.78 is 32.8. The molecule has 80 valence electrons. The molecule has 4 nitrogen and oxygen atoms in total. The summed E-state index contributed by atoms with van der Waals surface area (Å²) in [4.78, 5) is 0. The van der Waals surface area contributed by atoms with E-state index in [0.29, 0.717) is 6.42 Å². The molecule has 0 heterocycles. The molecule has 6 heteroatoms. The van der Waals surface area contributed by atoms with Crippen LogP contribution in [0.2, 0.25) is 0 Å². The van der Waals surface area contributed by atoms with Crippen LogP contribution in [0.25, 0.3) is 0 Å². The van der Waals surface area contributed by atoms with E-state index in [4.69, 9.17) is 4.55 Å². The summed E-state index contributed by atoms with van der Waals surface area (Å²) in [5, 5.41) is 0. The predicted molar refractivity (Wildman–Crippen MR) is 53.4 cm³/mol. The predicted octanol–water partition coefficient (Wildman–Crippen LogP) is -1.44. The average molecular weight is 240 g/mol. The van der Waals surface area contributed by atoms with Crippen molar-refractivity contribution in [1.82, 2.24) is 0 Å². The van der Waals surface area contributed by atoms with Crippen LogP contribution in [0.1, 0.15) is 13.4 Å². The van der Waals surface area contributed by atoms with Crippen molar-refractivity contribution in [2.45, 2.75) is 12.8 Å². The maximum atomic E-state index is 10.2. The van der Waals surface area contributed by atoms with Gasteiger partial charge in [0.2, 0.25) is 0 Å². The number of rotatable bonds is 5. The van der Waals surface area contributed by atoms with Gasteiger partial charge in [-0.25, -0.2) is 4.18 Å². The molecule has 0 fully saturated rings. The van der Waals surface area contributed by atoms with E-state index >= 15 is 0 Å². The Hall–Kier alpha value is 0.0900. The Balaban J connectivity index is 0. The topological polar surface area (TPSA) is 63.6 Å². The molecule has 0 amide bonds. The van der Waals surface area contributed by atoms with Gasteiger partial charge in [-0.3, -0.25) is 4.55 Å². The third-order valence-corrected chi connectivity index (χ3v) is 2.15. The van der Waals surface area contributed by atoms with Gasteiger partial charge in [0.1, 0.15) is 0 Å². The molecule has 1 aromatic carbocycles. The van der Waals surface area contributed by atoms with E-state index in [-0.39, 0.29) is 37.6 Å². The minimum atomic E-state index is -4.28. The first-order chi connectivity index (χ1) is 6.58. The van der Waals surface area contributed by atoms with Crippen molar-refractivity contribution < 1.29 is 48.1 Å². The van der Waals surface area contributed by atoms with Crippen LogP contribution in [0.15, 0.2) is 30.3 Å². The molecule has 0 aromatic heterocycles. The smallest absolute Gasteiger partial charge is 1.00 e. The summed E-state index contributed by atoms with van der Waals surface area (Å²) in [6, 6.07) is 9.65. The Morgan fingerprint density at radius 3 is 2.40 bits per heavy atom. The Labute approximate surface area is 113 Å². The largest absolute Gasteiger partial charge is 1.00 e. The van der Waals surface area contributed by atoms with Crippen LogP contribution in [0.3, 0.4) is 0 Å². The van der Waals surface area contributed by atoms with Crippen molar-refractivity contribution in [3.63, 3.8) is 0 Å². The van der Waals surface area contributed by atoms with Gasteiger partial charge in [-0.1, -0.05) is 30.3 Å². The molecule has 0 aliphatic rings. The second-order valence-electron chi connectivity index (χ2n) is 2.84. The van der Waals surface area contributed by atoms with Gasteiger partial charge < -0.3 is 1.43 Å². The summed E-state index contributed by atoms with van der Waals surface area (Å²) in [6.45, 7) is 0.00767.